The molecule has 4 nitrogen and oxygen atoms in total. The molecule has 2 aliphatic rings. The van der Waals surface area contributed by atoms with E-state index in [4.69, 9.17) is 0 Å². The van der Waals surface area contributed by atoms with Crippen molar-refractivity contribution in [3.8, 4) is 0 Å². The van der Waals surface area contributed by atoms with Gasteiger partial charge < -0.3 is 15.3 Å². The maximum absolute atomic E-state index is 11.7. The second-order valence-corrected chi connectivity index (χ2v) is 4.36. The van der Waals surface area contributed by atoms with E-state index in [1.165, 1.54) is 0 Å². The van der Waals surface area contributed by atoms with Crippen molar-refractivity contribution in [2.45, 2.75) is 25.4 Å². The van der Waals surface area contributed by atoms with Crippen LogP contribution in [0, 0.1) is 5.92 Å². The Hall–Kier alpha value is -0.610. The molecule has 1 amide bonds. The van der Waals surface area contributed by atoms with Gasteiger partial charge in [0.25, 0.3) is 0 Å². The molecule has 2 fully saturated rings. The van der Waals surface area contributed by atoms with E-state index >= 15 is 0 Å². The number of β-amino-alcohol motifs (C(OH)–C–C–N with tert-alkyl or cyclic N) is 1. The van der Waals surface area contributed by atoms with E-state index in [0.717, 1.165) is 32.5 Å². The van der Waals surface area contributed by atoms with Crippen molar-refractivity contribution in [1.82, 2.24) is 10.2 Å². The van der Waals surface area contributed by atoms with Crippen LogP contribution in [0.15, 0.2) is 0 Å². The smallest absolute Gasteiger partial charge is 0.223 e. The molecule has 0 spiro atoms. The Morgan fingerprint density at radius 1 is 1.50 bits per heavy atom. The lowest BCUT2D eigenvalue weighted by atomic mass is 9.98. The molecule has 2 rings (SSSR count). The van der Waals surface area contributed by atoms with E-state index < -0.39 is 0 Å². The fourth-order valence-corrected chi connectivity index (χ4v) is 2.05. The van der Waals surface area contributed by atoms with Crippen LogP contribution in [0.1, 0.15) is 19.3 Å². The highest BCUT2D eigenvalue weighted by Crippen LogP contribution is 2.15. The Kier molecular flexibility index (Phi) is 3.03. The van der Waals surface area contributed by atoms with E-state index in [2.05, 4.69) is 5.32 Å². The van der Waals surface area contributed by atoms with E-state index in [0.29, 0.717) is 18.9 Å². The minimum Gasteiger partial charge on any atom is -0.391 e. The number of nitrogens with zero attached hydrogens (tertiary/aromatic N) is 1. The molecular weight excluding hydrogens is 180 g/mol. The molecule has 0 radical (unpaired) electrons. The van der Waals surface area contributed by atoms with Gasteiger partial charge in [-0.05, 0) is 31.8 Å². The third kappa shape index (κ3) is 2.25. The van der Waals surface area contributed by atoms with Crippen molar-refractivity contribution < 1.29 is 9.90 Å². The lowest BCUT2D eigenvalue weighted by Gasteiger charge is -2.33. The Morgan fingerprint density at radius 2 is 2.29 bits per heavy atom. The first-order chi connectivity index (χ1) is 6.75. The molecule has 4 heteroatoms. The molecule has 0 aromatic heterocycles. The van der Waals surface area contributed by atoms with Gasteiger partial charge in [-0.25, -0.2) is 0 Å². The van der Waals surface area contributed by atoms with Crippen LogP contribution in [-0.4, -0.2) is 48.2 Å². The number of nitrogens with one attached hydrogen (secondary N) is 1. The second kappa shape index (κ2) is 4.28. The van der Waals surface area contributed by atoms with Crippen LogP contribution in [0.25, 0.3) is 0 Å². The highest BCUT2D eigenvalue weighted by Gasteiger charge is 2.26. The second-order valence-electron chi connectivity index (χ2n) is 4.36. The van der Waals surface area contributed by atoms with Gasteiger partial charge in [-0.2, -0.15) is 0 Å². The number of carbonyl (C=O) groups excluding carboxylic acids is 1. The summed E-state index contributed by atoms with van der Waals surface area (Å²) in [5.74, 6) is 0.747. The molecule has 14 heavy (non-hydrogen) atoms. The van der Waals surface area contributed by atoms with Crippen molar-refractivity contribution in [1.29, 1.82) is 0 Å². The van der Waals surface area contributed by atoms with Crippen molar-refractivity contribution in [3.05, 3.63) is 0 Å². The molecule has 0 aromatic carbocycles. The van der Waals surface area contributed by atoms with Crippen molar-refractivity contribution in [2.24, 2.45) is 5.92 Å². The van der Waals surface area contributed by atoms with Gasteiger partial charge in [-0.3, -0.25) is 4.79 Å². The molecule has 1 atom stereocenters. The van der Waals surface area contributed by atoms with Crippen LogP contribution in [0.4, 0.5) is 0 Å². The van der Waals surface area contributed by atoms with Crippen LogP contribution >= 0.6 is 0 Å². The van der Waals surface area contributed by atoms with Crippen molar-refractivity contribution >= 4 is 5.91 Å². The van der Waals surface area contributed by atoms with Crippen LogP contribution in [0.5, 0.6) is 0 Å². The maximum atomic E-state index is 11.7. The van der Waals surface area contributed by atoms with E-state index in [1.54, 1.807) is 0 Å². The number of hydrogen-bond acceptors (Lipinski definition) is 3. The summed E-state index contributed by atoms with van der Waals surface area (Å²) in [7, 11) is 0. The minimum absolute atomic E-state index is 0.218. The average Bonchev–Trinajstić information content (AvgIpc) is 2.11. The van der Waals surface area contributed by atoms with Crippen LogP contribution in [-0.2, 0) is 4.79 Å². The molecular formula is C10H18N2O2. The molecule has 0 aromatic rings. The zero-order valence-electron chi connectivity index (χ0n) is 8.41. The summed E-state index contributed by atoms with van der Waals surface area (Å²) >= 11 is 0. The van der Waals surface area contributed by atoms with Gasteiger partial charge >= 0.3 is 0 Å². The summed E-state index contributed by atoms with van der Waals surface area (Å²) in [5.41, 5.74) is 0. The predicted octanol–water partition coefficient (Wildman–Crippen LogP) is -0.421. The standard InChI is InChI=1S/C10H18N2O2/c13-9-2-1-3-12(7-9)10(14)4-8-5-11-6-8/h8-9,11,13H,1-7H2. The van der Waals surface area contributed by atoms with E-state index in [-0.39, 0.29) is 12.0 Å². The van der Waals surface area contributed by atoms with Gasteiger partial charge in [-0.1, -0.05) is 0 Å². The SMILES string of the molecule is O=C(CC1CNC1)N1CCCC(O)C1. The Morgan fingerprint density at radius 3 is 2.86 bits per heavy atom. The van der Waals surface area contributed by atoms with Gasteiger partial charge in [0.2, 0.25) is 5.91 Å². The maximum Gasteiger partial charge on any atom is 0.223 e. The van der Waals surface area contributed by atoms with Gasteiger partial charge in [0.1, 0.15) is 0 Å². The number of amides is 1. The number of likely N-dealkylation sites (tertiary alicyclic amines) is 1. The molecule has 0 bridgehead atoms. The molecule has 0 aliphatic carbocycles. The average molecular weight is 198 g/mol. The van der Waals surface area contributed by atoms with E-state index in [9.17, 15) is 9.90 Å². The zero-order valence-corrected chi connectivity index (χ0v) is 8.41. The number of rotatable bonds is 2. The number of hydrogen-bond donors (Lipinski definition) is 2. The number of aliphatic hydroxyl groups excluding tert-OH is 1. The molecule has 2 N–H and O–H groups in total. The first kappa shape index (κ1) is 9.93. The lowest BCUT2D eigenvalue weighted by Crippen LogP contribution is -2.47. The molecule has 1 unspecified atom stereocenters. The Labute approximate surface area is 84.3 Å². The summed E-state index contributed by atoms with van der Waals surface area (Å²) < 4.78 is 0. The zero-order chi connectivity index (χ0) is 9.97. The summed E-state index contributed by atoms with van der Waals surface area (Å²) in [4.78, 5) is 13.5. The fraction of sp³-hybridized carbons (Fsp3) is 0.900. The molecule has 0 saturated carbocycles. The Bertz CT molecular complexity index is 216. The molecule has 2 saturated heterocycles. The van der Waals surface area contributed by atoms with Crippen LogP contribution in [0.2, 0.25) is 0 Å². The first-order valence-corrected chi connectivity index (χ1v) is 5.42. The third-order valence-corrected chi connectivity index (χ3v) is 3.08. The van der Waals surface area contributed by atoms with Crippen LogP contribution in [0.3, 0.4) is 0 Å². The van der Waals surface area contributed by atoms with Gasteiger partial charge in [-0.15, -0.1) is 0 Å². The van der Waals surface area contributed by atoms with Gasteiger partial charge in [0.15, 0.2) is 0 Å². The quantitative estimate of drug-likeness (QED) is 0.633. The summed E-state index contributed by atoms with van der Waals surface area (Å²) in [6, 6.07) is 0. The van der Waals surface area contributed by atoms with Crippen molar-refractivity contribution in [3.63, 3.8) is 0 Å². The minimum atomic E-state index is -0.299. The largest absolute Gasteiger partial charge is 0.391 e. The lowest BCUT2D eigenvalue weighted by molar-refractivity contribution is -0.135. The Balaban J connectivity index is 1.77. The molecule has 2 aliphatic heterocycles. The topological polar surface area (TPSA) is 52.6 Å². The monoisotopic (exact) mass is 198 g/mol. The third-order valence-electron chi connectivity index (χ3n) is 3.08. The highest BCUT2D eigenvalue weighted by molar-refractivity contribution is 5.76. The van der Waals surface area contributed by atoms with Crippen LogP contribution < -0.4 is 5.32 Å². The molecule has 80 valence electrons. The first-order valence-electron chi connectivity index (χ1n) is 5.42. The van der Waals surface area contributed by atoms with E-state index in [1.807, 2.05) is 4.90 Å². The number of aliphatic hydroxyl groups is 1. The summed E-state index contributed by atoms with van der Waals surface area (Å²) in [6.45, 7) is 3.32. The number of piperidine rings is 1. The fourth-order valence-electron chi connectivity index (χ4n) is 2.05. The predicted molar refractivity (Wildman–Crippen MR) is 52.8 cm³/mol. The highest BCUT2D eigenvalue weighted by atomic mass is 16.3. The van der Waals surface area contributed by atoms with Crippen molar-refractivity contribution in [2.75, 3.05) is 26.2 Å². The normalized spacial score (nSPS) is 28.6. The molecule has 2 heterocycles. The summed E-state index contributed by atoms with van der Waals surface area (Å²) in [5, 5.41) is 12.6. The van der Waals surface area contributed by atoms with Gasteiger partial charge in [0.05, 0.1) is 6.10 Å². The summed E-state index contributed by atoms with van der Waals surface area (Å²) in [6.07, 6.45) is 2.14. The van der Waals surface area contributed by atoms with Gasteiger partial charge in [0, 0.05) is 19.5 Å². The number of carbonyl (C=O) groups is 1.